The first-order chi connectivity index (χ1) is 22.2. The Labute approximate surface area is 267 Å². The van der Waals surface area contributed by atoms with Crippen molar-refractivity contribution in [2.24, 2.45) is 5.73 Å². The van der Waals surface area contributed by atoms with Gasteiger partial charge in [-0.25, -0.2) is 9.59 Å². The molecule has 4 aromatic rings. The first-order valence-corrected chi connectivity index (χ1v) is 15.0. The van der Waals surface area contributed by atoms with Gasteiger partial charge in [0.2, 0.25) is 11.8 Å². The highest BCUT2D eigenvalue weighted by Crippen LogP contribution is 2.44. The average Bonchev–Trinajstić information content (AvgIpc) is 3.08. The number of hydrogen-bond donors (Lipinski definition) is 3. The zero-order valence-corrected chi connectivity index (χ0v) is 25.6. The van der Waals surface area contributed by atoms with Gasteiger partial charge in [0.25, 0.3) is 0 Å². The van der Waals surface area contributed by atoms with Gasteiger partial charge in [-0.05, 0) is 67.3 Å². The summed E-state index contributed by atoms with van der Waals surface area (Å²) in [6, 6.07) is 28.8. The van der Waals surface area contributed by atoms with E-state index in [9.17, 15) is 19.2 Å². The molecule has 2 amide bonds. The van der Waals surface area contributed by atoms with E-state index < -0.39 is 29.9 Å². The molecule has 46 heavy (non-hydrogen) atoms. The summed E-state index contributed by atoms with van der Waals surface area (Å²) >= 11 is 0. The fraction of sp³-hybridized carbons (Fsp3) is 0.189. The number of carbonyl (C=O) groups is 4. The first-order valence-electron chi connectivity index (χ1n) is 15.0. The largest absolute Gasteiger partial charge is 0.419 e. The monoisotopic (exact) mass is 617 g/mol. The Bertz CT molecular complexity index is 1750. The van der Waals surface area contributed by atoms with Crippen LogP contribution in [0.15, 0.2) is 109 Å². The first kappa shape index (κ1) is 31.9. The van der Waals surface area contributed by atoms with Gasteiger partial charge in [-0.2, -0.15) is 0 Å². The van der Waals surface area contributed by atoms with E-state index in [1.807, 2.05) is 30.3 Å². The lowest BCUT2D eigenvalue weighted by molar-refractivity contribution is -0.128. The quantitative estimate of drug-likeness (QED) is 0.172. The maximum Gasteiger partial charge on any atom is 0.343 e. The molecule has 1 unspecified atom stereocenters. The summed E-state index contributed by atoms with van der Waals surface area (Å²) in [5, 5.41) is 5.51. The van der Waals surface area contributed by atoms with Gasteiger partial charge in [0, 0.05) is 18.0 Å². The predicted octanol–water partition coefficient (Wildman–Crippen LogP) is 4.82. The van der Waals surface area contributed by atoms with Crippen LogP contribution in [-0.4, -0.2) is 42.4 Å². The molecular formula is C37H35N3O6. The highest BCUT2D eigenvalue weighted by atomic mass is 16.6. The molecule has 4 N–H and O–H groups in total. The zero-order chi connectivity index (χ0) is 32.6. The highest BCUT2D eigenvalue weighted by Gasteiger charge is 2.29. The Morgan fingerprint density at radius 3 is 1.91 bits per heavy atom. The maximum atomic E-state index is 13.4. The maximum absolute atomic E-state index is 13.4. The zero-order valence-electron chi connectivity index (χ0n) is 25.6. The third-order valence-corrected chi connectivity index (χ3v) is 7.66. The van der Waals surface area contributed by atoms with E-state index in [2.05, 4.69) is 16.7 Å². The minimum Gasteiger partial charge on any atom is -0.419 e. The number of carbonyl (C=O) groups excluding carboxylic acids is 4. The second-order valence-electron chi connectivity index (χ2n) is 11.1. The lowest BCUT2D eigenvalue weighted by atomic mass is 9.80. The van der Waals surface area contributed by atoms with Crippen LogP contribution in [0.2, 0.25) is 0 Å². The molecule has 0 aliphatic heterocycles. The van der Waals surface area contributed by atoms with Crippen LogP contribution in [0.1, 0.15) is 57.2 Å². The van der Waals surface area contributed by atoms with E-state index in [-0.39, 0.29) is 29.9 Å². The van der Waals surface area contributed by atoms with Crippen LogP contribution in [0.4, 0.5) is 0 Å². The van der Waals surface area contributed by atoms with Crippen LogP contribution in [0.5, 0.6) is 11.5 Å². The summed E-state index contributed by atoms with van der Waals surface area (Å²) < 4.78 is 11.9. The van der Waals surface area contributed by atoms with Gasteiger partial charge < -0.3 is 25.8 Å². The Hall–Kier alpha value is -5.54. The molecule has 9 heteroatoms. The van der Waals surface area contributed by atoms with Gasteiger partial charge in [0.15, 0.2) is 11.5 Å². The molecule has 0 heterocycles. The fourth-order valence-corrected chi connectivity index (χ4v) is 5.19. The molecule has 0 saturated carbocycles. The SMILES string of the molecule is C[C@H](N)C(=O)N[C@@H](C)C(=O)NCC1=CC(c2ccccc2)Cc2c1ccc(OC(=O)c1ccccc1)c2OC(=O)c1ccccc1. The van der Waals surface area contributed by atoms with Gasteiger partial charge in [-0.3, -0.25) is 9.59 Å². The molecule has 0 saturated heterocycles. The molecule has 0 aromatic heterocycles. The van der Waals surface area contributed by atoms with E-state index in [1.165, 1.54) is 0 Å². The number of rotatable bonds is 10. The third kappa shape index (κ3) is 7.57. The molecule has 9 nitrogen and oxygen atoms in total. The standard InChI is InChI=1S/C37H35N3O6/c1-23(38)34(41)40-24(2)35(42)39-22-29-20-28(25-12-6-3-7-13-25)21-31-30(29)18-19-32(45-36(43)26-14-8-4-9-15-26)33(31)46-37(44)27-16-10-5-11-17-27/h3-20,23-24,28H,21-22,38H2,1-2H3,(H,39,42)(H,40,41)/t23-,24-,28?/m0/s1. The fourth-order valence-electron chi connectivity index (χ4n) is 5.19. The van der Waals surface area contributed by atoms with Crippen LogP contribution >= 0.6 is 0 Å². The van der Waals surface area contributed by atoms with Crippen LogP contribution < -0.4 is 25.8 Å². The predicted molar refractivity (Wildman–Crippen MR) is 174 cm³/mol. The number of fused-ring (bicyclic) bond motifs is 1. The number of hydrogen-bond acceptors (Lipinski definition) is 7. The van der Waals surface area contributed by atoms with E-state index in [0.29, 0.717) is 23.1 Å². The molecule has 1 aliphatic carbocycles. The van der Waals surface area contributed by atoms with Crippen molar-refractivity contribution >= 4 is 29.3 Å². The summed E-state index contributed by atoms with van der Waals surface area (Å²) in [5.74, 6) is -1.94. The van der Waals surface area contributed by atoms with Crippen molar-refractivity contribution in [1.29, 1.82) is 0 Å². The topological polar surface area (TPSA) is 137 Å². The summed E-state index contributed by atoms with van der Waals surface area (Å²) in [4.78, 5) is 51.5. The minimum absolute atomic E-state index is 0.0984. The van der Waals surface area contributed by atoms with Gasteiger partial charge in [0.1, 0.15) is 6.04 Å². The number of esters is 2. The summed E-state index contributed by atoms with van der Waals surface area (Å²) in [6.07, 6.45) is 2.51. The molecule has 4 aromatic carbocycles. The van der Waals surface area contributed by atoms with Crippen LogP contribution in [0.3, 0.4) is 0 Å². The van der Waals surface area contributed by atoms with Gasteiger partial charge in [-0.15, -0.1) is 0 Å². The van der Waals surface area contributed by atoms with Crippen LogP contribution in [0, 0.1) is 0 Å². The van der Waals surface area contributed by atoms with Gasteiger partial charge in [-0.1, -0.05) is 78.9 Å². The van der Waals surface area contributed by atoms with Crippen LogP contribution in [0.25, 0.3) is 5.57 Å². The number of nitrogens with one attached hydrogen (secondary N) is 2. The Morgan fingerprint density at radius 2 is 1.33 bits per heavy atom. The van der Waals surface area contributed by atoms with Crippen molar-refractivity contribution in [2.75, 3.05) is 6.54 Å². The lowest BCUT2D eigenvalue weighted by Crippen LogP contribution is -2.49. The van der Waals surface area contributed by atoms with Crippen molar-refractivity contribution in [3.8, 4) is 11.5 Å². The average molecular weight is 618 g/mol. The van der Waals surface area contributed by atoms with Crippen molar-refractivity contribution in [2.45, 2.75) is 38.3 Å². The van der Waals surface area contributed by atoms with Gasteiger partial charge in [0.05, 0.1) is 17.2 Å². The van der Waals surface area contributed by atoms with Gasteiger partial charge >= 0.3 is 11.9 Å². The summed E-state index contributed by atoms with van der Waals surface area (Å²) in [7, 11) is 0. The molecule has 3 atom stereocenters. The molecular weight excluding hydrogens is 582 g/mol. The summed E-state index contributed by atoms with van der Waals surface area (Å²) in [5.41, 5.74) is 9.49. The highest BCUT2D eigenvalue weighted by molar-refractivity contribution is 5.94. The van der Waals surface area contributed by atoms with E-state index >= 15 is 0 Å². The van der Waals surface area contributed by atoms with E-state index in [4.69, 9.17) is 15.2 Å². The molecule has 0 spiro atoms. The molecule has 0 bridgehead atoms. The van der Waals surface area contributed by atoms with Crippen molar-refractivity contribution in [3.63, 3.8) is 0 Å². The number of nitrogens with two attached hydrogens (primary N) is 1. The Kier molecular flexibility index (Phi) is 10.0. The van der Waals surface area contributed by atoms with E-state index in [0.717, 1.165) is 16.7 Å². The lowest BCUT2D eigenvalue weighted by Gasteiger charge is -2.28. The van der Waals surface area contributed by atoms with Crippen LogP contribution in [-0.2, 0) is 16.0 Å². The summed E-state index contributed by atoms with van der Waals surface area (Å²) in [6.45, 7) is 3.25. The number of benzene rings is 4. The minimum atomic E-state index is -0.811. The van der Waals surface area contributed by atoms with Crippen molar-refractivity contribution in [3.05, 3.63) is 137 Å². The molecule has 5 rings (SSSR count). The van der Waals surface area contributed by atoms with Crippen molar-refractivity contribution < 1.29 is 28.7 Å². The third-order valence-electron chi connectivity index (χ3n) is 7.66. The number of ether oxygens (including phenoxy) is 2. The number of amides is 2. The second-order valence-corrected chi connectivity index (χ2v) is 11.1. The Morgan fingerprint density at radius 1 is 0.761 bits per heavy atom. The molecule has 1 aliphatic rings. The molecule has 234 valence electrons. The molecule has 0 radical (unpaired) electrons. The molecule has 0 fully saturated rings. The van der Waals surface area contributed by atoms with Crippen molar-refractivity contribution in [1.82, 2.24) is 10.6 Å². The number of allylic oxidation sites excluding steroid dienone is 1. The van der Waals surface area contributed by atoms with E-state index in [1.54, 1.807) is 86.6 Å². The Balaban J connectivity index is 1.53. The smallest absolute Gasteiger partial charge is 0.343 e. The second kappa shape index (κ2) is 14.5. The normalized spacial score (nSPS) is 14.9.